The van der Waals surface area contributed by atoms with Gasteiger partial charge >= 0.3 is 0 Å². The van der Waals surface area contributed by atoms with E-state index in [4.69, 9.17) is 0 Å². The van der Waals surface area contributed by atoms with Crippen molar-refractivity contribution < 1.29 is 0 Å². The molecule has 0 radical (unpaired) electrons. The highest BCUT2D eigenvalue weighted by Crippen LogP contribution is 2.14. The molecule has 3 heteroatoms. The number of rotatable bonds is 17. The molecule has 0 atom stereocenters. The number of hydrogen-bond acceptors (Lipinski definition) is 2. The average molecular weight is 353 g/mol. The number of allylic oxidation sites excluding steroid dienone is 2. The molecule has 0 rings (SSSR count). The van der Waals surface area contributed by atoms with Gasteiger partial charge in [-0.05, 0) is 51.9 Å². The molecule has 0 aromatic rings. The SMILES string of the molecule is C=CC(=C)[SiH2]C(N(CCCC)CCCC)N(CCCC)CCCC. The van der Waals surface area contributed by atoms with Crippen LogP contribution in [0.25, 0.3) is 0 Å². The Bertz CT molecular complexity index is 281. The van der Waals surface area contributed by atoms with Crippen LogP contribution in [0, 0.1) is 0 Å². The van der Waals surface area contributed by atoms with Crippen LogP contribution in [0.3, 0.4) is 0 Å². The van der Waals surface area contributed by atoms with Crippen molar-refractivity contribution in [2.45, 2.75) is 84.9 Å². The molecule has 0 N–H and O–H groups in total. The lowest BCUT2D eigenvalue weighted by molar-refractivity contribution is 0.0908. The van der Waals surface area contributed by atoms with E-state index in [1.807, 2.05) is 6.08 Å². The first-order valence-electron chi connectivity index (χ1n) is 10.4. The van der Waals surface area contributed by atoms with Crippen LogP contribution in [0.2, 0.25) is 0 Å². The van der Waals surface area contributed by atoms with Gasteiger partial charge in [-0.2, -0.15) is 0 Å². The van der Waals surface area contributed by atoms with Crippen LogP contribution in [0.15, 0.2) is 24.4 Å². The number of nitrogens with zero attached hydrogens (tertiary/aromatic N) is 2. The van der Waals surface area contributed by atoms with E-state index in [1.54, 1.807) is 0 Å². The molecule has 0 amide bonds. The van der Waals surface area contributed by atoms with Crippen molar-refractivity contribution in [1.29, 1.82) is 0 Å². The van der Waals surface area contributed by atoms with Crippen LogP contribution in [0.5, 0.6) is 0 Å². The van der Waals surface area contributed by atoms with Crippen LogP contribution >= 0.6 is 0 Å². The molecule has 2 nitrogen and oxygen atoms in total. The predicted octanol–water partition coefficient (Wildman–Crippen LogP) is 4.94. The van der Waals surface area contributed by atoms with E-state index in [2.05, 4.69) is 50.7 Å². The molecule has 142 valence electrons. The third kappa shape index (κ3) is 10.5. The maximum atomic E-state index is 4.29. The van der Waals surface area contributed by atoms with Gasteiger partial charge in [0.05, 0.1) is 9.52 Å². The minimum absolute atomic E-state index is 0.418. The summed E-state index contributed by atoms with van der Waals surface area (Å²) in [6.45, 7) is 22.5. The molecule has 0 saturated heterocycles. The summed E-state index contributed by atoms with van der Waals surface area (Å²) < 4.78 is 0. The normalized spacial score (nSPS) is 12.1. The fourth-order valence-electron chi connectivity index (χ4n) is 3.07. The van der Waals surface area contributed by atoms with Crippen molar-refractivity contribution in [2.24, 2.45) is 0 Å². The summed E-state index contributed by atoms with van der Waals surface area (Å²) in [7, 11) is -0.418. The Morgan fingerprint density at radius 2 is 1.12 bits per heavy atom. The van der Waals surface area contributed by atoms with Gasteiger partial charge in [0.25, 0.3) is 0 Å². The minimum Gasteiger partial charge on any atom is -0.291 e. The smallest absolute Gasteiger partial charge is 0.0914 e. The van der Waals surface area contributed by atoms with Crippen molar-refractivity contribution in [1.82, 2.24) is 9.80 Å². The lowest BCUT2D eigenvalue weighted by Crippen LogP contribution is -2.53. The zero-order chi connectivity index (χ0) is 18.2. The lowest BCUT2D eigenvalue weighted by atomic mass is 10.2. The minimum atomic E-state index is -0.418. The predicted molar refractivity (Wildman–Crippen MR) is 114 cm³/mol. The third-order valence-electron chi connectivity index (χ3n) is 4.77. The number of hydrogen-bond donors (Lipinski definition) is 0. The summed E-state index contributed by atoms with van der Waals surface area (Å²) >= 11 is 0. The Morgan fingerprint density at radius 3 is 1.38 bits per heavy atom. The monoisotopic (exact) mass is 352 g/mol. The first-order valence-corrected chi connectivity index (χ1v) is 11.9. The van der Waals surface area contributed by atoms with Crippen LogP contribution < -0.4 is 0 Å². The van der Waals surface area contributed by atoms with Crippen molar-refractivity contribution in [3.8, 4) is 0 Å². The lowest BCUT2D eigenvalue weighted by Gasteiger charge is -2.40. The summed E-state index contributed by atoms with van der Waals surface area (Å²) in [4.78, 5) is 5.58. The van der Waals surface area contributed by atoms with Crippen LogP contribution in [-0.4, -0.2) is 51.3 Å². The standard InChI is InChI=1S/C21H44N2Si/c1-7-12-16-22(17-13-8-2)21(24-20(6)11-5)23(18-14-9-3)19-15-10-4/h11,21H,5-10,12-19,24H2,1-4H3. The summed E-state index contributed by atoms with van der Waals surface area (Å²) in [5.74, 6) is 0.631. The highest BCUT2D eigenvalue weighted by molar-refractivity contribution is 6.47. The molecule has 0 heterocycles. The van der Waals surface area contributed by atoms with E-state index < -0.39 is 9.52 Å². The summed E-state index contributed by atoms with van der Waals surface area (Å²) in [6, 6.07) is 0. The van der Waals surface area contributed by atoms with Gasteiger partial charge in [-0.15, -0.1) is 6.58 Å². The largest absolute Gasteiger partial charge is 0.291 e. The summed E-state index contributed by atoms with van der Waals surface area (Å²) in [5, 5.41) is 1.32. The molecule has 0 bridgehead atoms. The van der Waals surface area contributed by atoms with Gasteiger partial charge in [0.15, 0.2) is 0 Å². The van der Waals surface area contributed by atoms with Crippen LogP contribution in [0.4, 0.5) is 0 Å². The van der Waals surface area contributed by atoms with Crippen LogP contribution in [0.1, 0.15) is 79.1 Å². The van der Waals surface area contributed by atoms with Crippen molar-refractivity contribution >= 4 is 9.52 Å². The van der Waals surface area contributed by atoms with Gasteiger partial charge in [-0.1, -0.05) is 71.2 Å². The molecular formula is C21H44N2Si. The van der Waals surface area contributed by atoms with Gasteiger partial charge in [0.2, 0.25) is 0 Å². The second-order valence-corrected chi connectivity index (χ2v) is 9.08. The van der Waals surface area contributed by atoms with E-state index in [1.165, 1.54) is 82.7 Å². The zero-order valence-corrected chi connectivity index (χ0v) is 18.6. The van der Waals surface area contributed by atoms with Crippen molar-refractivity contribution in [3.63, 3.8) is 0 Å². The van der Waals surface area contributed by atoms with E-state index in [9.17, 15) is 0 Å². The molecular weight excluding hydrogens is 308 g/mol. The quantitative estimate of drug-likeness (QED) is 0.208. The van der Waals surface area contributed by atoms with Crippen molar-refractivity contribution in [2.75, 3.05) is 26.2 Å². The molecule has 0 aliphatic rings. The molecule has 0 spiro atoms. The summed E-state index contributed by atoms with van der Waals surface area (Å²) in [6.07, 6.45) is 12.4. The Morgan fingerprint density at radius 1 is 0.792 bits per heavy atom. The highest BCUT2D eigenvalue weighted by atomic mass is 28.2. The third-order valence-corrected chi connectivity index (χ3v) is 6.98. The maximum absolute atomic E-state index is 4.29. The Balaban J connectivity index is 5.23. The molecule has 0 aromatic heterocycles. The fourth-order valence-corrected chi connectivity index (χ4v) is 4.95. The highest BCUT2D eigenvalue weighted by Gasteiger charge is 2.24. The van der Waals surface area contributed by atoms with E-state index in [0.29, 0.717) is 5.79 Å². The molecule has 0 aromatic carbocycles. The van der Waals surface area contributed by atoms with Gasteiger partial charge < -0.3 is 0 Å². The Labute approximate surface area is 155 Å². The molecule has 0 unspecified atom stereocenters. The van der Waals surface area contributed by atoms with Gasteiger partial charge in [0, 0.05) is 5.79 Å². The molecule has 0 fully saturated rings. The van der Waals surface area contributed by atoms with Gasteiger partial charge in [-0.25, -0.2) is 0 Å². The molecule has 24 heavy (non-hydrogen) atoms. The van der Waals surface area contributed by atoms with E-state index >= 15 is 0 Å². The first-order chi connectivity index (χ1) is 11.6. The maximum Gasteiger partial charge on any atom is 0.0914 e. The van der Waals surface area contributed by atoms with E-state index in [0.717, 1.165) is 0 Å². The van der Waals surface area contributed by atoms with Crippen molar-refractivity contribution in [3.05, 3.63) is 24.4 Å². The van der Waals surface area contributed by atoms with E-state index in [-0.39, 0.29) is 0 Å². The molecule has 0 aliphatic heterocycles. The molecule has 0 saturated carbocycles. The fraction of sp³-hybridized carbons (Fsp3) is 0.810. The average Bonchev–Trinajstić information content (AvgIpc) is 2.60. The Kier molecular flexibility index (Phi) is 15.8. The van der Waals surface area contributed by atoms with Gasteiger partial charge in [-0.3, -0.25) is 9.80 Å². The zero-order valence-electron chi connectivity index (χ0n) is 17.2. The van der Waals surface area contributed by atoms with Gasteiger partial charge in [0.1, 0.15) is 0 Å². The first kappa shape index (κ1) is 23.6. The second kappa shape index (κ2) is 16.1. The topological polar surface area (TPSA) is 6.48 Å². The molecule has 0 aliphatic carbocycles. The summed E-state index contributed by atoms with van der Waals surface area (Å²) in [5.41, 5.74) is 0. The Hall–Kier alpha value is -0.383. The number of unbranched alkanes of at least 4 members (excludes halogenated alkanes) is 4. The second-order valence-electron chi connectivity index (χ2n) is 7.03. The van der Waals surface area contributed by atoms with Crippen LogP contribution in [-0.2, 0) is 0 Å².